The molecular weight excluding hydrogens is 1070 g/mol. The molecule has 3 atom stereocenters. The highest BCUT2D eigenvalue weighted by molar-refractivity contribution is 6.12. The van der Waals surface area contributed by atoms with Crippen LogP contribution in [0.3, 0.4) is 0 Å². The maximum Gasteiger partial charge on any atom is 0.343 e. The zero-order chi connectivity index (χ0) is 58.2. The third-order valence-corrected chi connectivity index (χ3v) is 15.0. The van der Waals surface area contributed by atoms with Crippen LogP contribution < -0.4 is 43.1 Å². The topological polar surface area (TPSA) is 321 Å². The Kier molecular flexibility index (Phi) is 17.8. The van der Waals surface area contributed by atoms with E-state index in [-0.39, 0.29) is 93.7 Å². The number of esters is 1. The lowest BCUT2D eigenvalue weighted by Gasteiger charge is -2.31. The van der Waals surface area contributed by atoms with E-state index in [9.17, 15) is 53.1 Å². The molecule has 1 saturated heterocycles. The zero-order valence-corrected chi connectivity index (χ0v) is 45.2. The summed E-state index contributed by atoms with van der Waals surface area (Å²) < 4.78 is 27.5. The number of halogens is 1. The number of nitrogens with one attached hydrogen (secondary N) is 7. The van der Waals surface area contributed by atoms with Crippen LogP contribution in [0.1, 0.15) is 85.3 Å². The van der Waals surface area contributed by atoms with E-state index in [1.807, 2.05) is 6.20 Å². The number of hydrazine groups is 2. The Labute approximate surface area is 468 Å². The number of likely N-dealkylation sites (tertiary alicyclic amines) is 1. The van der Waals surface area contributed by atoms with Gasteiger partial charge in [-0.15, -0.1) is 5.53 Å². The van der Waals surface area contributed by atoms with Gasteiger partial charge in [0.25, 0.3) is 17.4 Å². The number of ether oxygens (including phenoxy) is 2. The fraction of sp³-hybridized carbons (Fsp3) is 0.411. The fourth-order valence-electron chi connectivity index (χ4n) is 10.6. The van der Waals surface area contributed by atoms with Crippen molar-refractivity contribution in [2.45, 2.75) is 103 Å². The quantitative estimate of drug-likeness (QED) is 0.0172. The lowest BCUT2D eigenvalue weighted by Crippen LogP contribution is -2.52. The van der Waals surface area contributed by atoms with Crippen molar-refractivity contribution in [3.63, 3.8) is 0 Å². The number of imide groups is 1. The number of pyridine rings is 2. The summed E-state index contributed by atoms with van der Waals surface area (Å²) in [7, 11) is 0. The minimum Gasteiger partial charge on any atom is -0.458 e. The summed E-state index contributed by atoms with van der Waals surface area (Å²) in [4.78, 5) is 135. The molecule has 0 bridgehead atoms. The normalized spacial score (nSPS) is 18.1. The predicted molar refractivity (Wildman–Crippen MR) is 288 cm³/mol. The van der Waals surface area contributed by atoms with Crippen molar-refractivity contribution >= 4 is 64.1 Å². The first-order valence-electron chi connectivity index (χ1n) is 27.0. The van der Waals surface area contributed by atoms with Gasteiger partial charge in [0.1, 0.15) is 31.8 Å². The van der Waals surface area contributed by atoms with E-state index >= 15 is 4.39 Å². The van der Waals surface area contributed by atoms with Gasteiger partial charge in [-0.3, -0.25) is 53.1 Å². The summed E-state index contributed by atoms with van der Waals surface area (Å²) in [5, 5.41) is 26.3. The van der Waals surface area contributed by atoms with Crippen molar-refractivity contribution < 1.29 is 62.1 Å². The molecule has 9 rings (SSSR count). The highest BCUT2D eigenvalue weighted by atomic mass is 19.1. The second-order valence-electron chi connectivity index (χ2n) is 20.5. The Balaban J connectivity index is 0.732. The molecule has 0 radical (unpaired) electrons. The van der Waals surface area contributed by atoms with Gasteiger partial charge in [-0.25, -0.2) is 14.2 Å². The second-order valence-corrected chi connectivity index (χ2v) is 20.5. The van der Waals surface area contributed by atoms with Crippen LogP contribution in [0.15, 0.2) is 77.4 Å². The summed E-state index contributed by atoms with van der Waals surface area (Å²) in [5.74, 6) is -5.47. The lowest BCUT2D eigenvalue weighted by atomic mass is 9.86. The summed E-state index contributed by atoms with van der Waals surface area (Å²) >= 11 is 0. The van der Waals surface area contributed by atoms with Gasteiger partial charge < -0.3 is 56.1 Å². The highest BCUT2D eigenvalue weighted by Crippen LogP contribution is 2.41. The molecule has 25 nitrogen and oxygen atoms in total. The van der Waals surface area contributed by atoms with E-state index in [1.54, 1.807) is 66.2 Å². The van der Waals surface area contributed by atoms with Crippen LogP contribution in [0.25, 0.3) is 22.3 Å². The smallest absolute Gasteiger partial charge is 0.343 e. The Bertz CT molecular complexity index is 3350. The Morgan fingerprint density at radius 3 is 2.40 bits per heavy atom. The largest absolute Gasteiger partial charge is 0.458 e. The highest BCUT2D eigenvalue weighted by Gasteiger charge is 2.46. The molecule has 26 heteroatoms. The summed E-state index contributed by atoms with van der Waals surface area (Å²) in [6, 6.07) is 11.9. The number of carbonyl (C=O) groups excluding carboxylic acids is 9. The average Bonchev–Trinajstić information content (AvgIpc) is 2.34. The van der Waals surface area contributed by atoms with E-state index < -0.39 is 78.2 Å². The van der Waals surface area contributed by atoms with Crippen LogP contribution in [0.4, 0.5) is 4.39 Å². The van der Waals surface area contributed by atoms with Crippen molar-refractivity contribution in [3.05, 3.63) is 122 Å². The number of nitrogens with zero attached hydrogens (tertiary/aromatic N) is 5. The van der Waals surface area contributed by atoms with E-state index in [4.69, 9.17) is 14.5 Å². The molecule has 432 valence electrons. The van der Waals surface area contributed by atoms with Gasteiger partial charge in [-0.05, 0) is 67.9 Å². The van der Waals surface area contributed by atoms with Crippen molar-refractivity contribution in [2.24, 2.45) is 0 Å². The van der Waals surface area contributed by atoms with Crippen molar-refractivity contribution in [2.75, 3.05) is 46.1 Å². The van der Waals surface area contributed by atoms with Gasteiger partial charge >= 0.3 is 5.97 Å². The Morgan fingerprint density at radius 2 is 1.63 bits per heavy atom. The Morgan fingerprint density at radius 1 is 0.902 bits per heavy atom. The molecule has 0 spiro atoms. The molecular formula is C56H63FN12O13. The number of carbonyl (C=O) groups is 9. The number of fused-ring (bicyclic) bond motifs is 5. The third kappa shape index (κ3) is 12.8. The number of aromatic nitrogens is 2. The molecule has 0 aliphatic carbocycles. The van der Waals surface area contributed by atoms with Gasteiger partial charge in [0.05, 0.1) is 66.9 Å². The van der Waals surface area contributed by atoms with Crippen LogP contribution in [0.5, 0.6) is 0 Å². The molecule has 2 aromatic carbocycles. The molecule has 8 amide bonds. The number of cyclic esters (lactones) is 1. The number of aliphatic hydroxyl groups is 1. The first kappa shape index (κ1) is 57.8. The molecule has 4 aromatic rings. The van der Waals surface area contributed by atoms with Crippen LogP contribution >= 0.6 is 0 Å². The van der Waals surface area contributed by atoms with Gasteiger partial charge in [-0.1, -0.05) is 43.7 Å². The van der Waals surface area contributed by atoms with Crippen molar-refractivity contribution in [3.8, 4) is 11.4 Å². The van der Waals surface area contributed by atoms with Crippen molar-refractivity contribution in [1.82, 2.24) is 61.9 Å². The number of hydrogen-bond acceptors (Lipinski definition) is 17. The molecule has 5 aliphatic rings. The van der Waals surface area contributed by atoms with Crippen LogP contribution in [0, 0.1) is 12.7 Å². The number of benzene rings is 2. The van der Waals surface area contributed by atoms with Crippen LogP contribution in [-0.2, 0) is 84.3 Å². The number of rotatable bonds is 24. The maximum absolute atomic E-state index is 15.1. The molecule has 0 saturated carbocycles. The van der Waals surface area contributed by atoms with Gasteiger partial charge in [0.15, 0.2) is 5.60 Å². The summed E-state index contributed by atoms with van der Waals surface area (Å²) in [6.07, 6.45) is 7.26. The van der Waals surface area contributed by atoms with E-state index in [0.29, 0.717) is 83.3 Å². The molecule has 5 aliphatic heterocycles. The maximum atomic E-state index is 15.1. The Hall–Kier alpha value is -8.88. The lowest BCUT2D eigenvalue weighted by molar-refractivity contribution is -0.172. The summed E-state index contributed by atoms with van der Waals surface area (Å²) in [6.45, 7) is 1.85. The van der Waals surface area contributed by atoms with Crippen LogP contribution in [0.2, 0.25) is 0 Å². The minimum atomic E-state index is -2.02. The first-order valence-corrected chi connectivity index (χ1v) is 27.0. The molecule has 1 unspecified atom stereocenters. The molecule has 82 heavy (non-hydrogen) atoms. The number of aryl methyl sites for hydroxylation is 1. The second kappa shape index (κ2) is 25.3. The number of amides is 8. The number of hydrogen-bond donors (Lipinski definition) is 8. The molecule has 8 N–H and O–H groups in total. The minimum absolute atomic E-state index is 0.0256. The fourth-order valence-corrected chi connectivity index (χ4v) is 10.6. The van der Waals surface area contributed by atoms with Crippen molar-refractivity contribution in [1.29, 1.82) is 0 Å². The SMILES string of the molecule is CC[C@@]1(O)C(=O)OCc2c1cc1n(c2=O)Cc2c-1nc1cc(F)c(C)cc1c2CN1C=C(C2CCCN2C(=O)COCNC(=O)CNC(=O)[C@@H](Cc2ccccc2)NC(=O)CNC(=O)CNC(=O)CCCCCN2C(=O)C=CC2=O)NN1. The molecule has 1 fully saturated rings. The standard InChI is InChI=1S/C56H63FN12O13/c1-3-56(80)38-21-44-52-36(27-69(44)54(78)37(38)29-82-55(56)79)35(34-19-32(2)39(57)22-40(34)63-52)26-66-28-42(64-65-66)43-13-10-18-67(43)51(76)30-81-31-61-47(72)24-60-53(77)41(20-33-11-6-4-7-12-33)62-48(73)25-59-46(71)23-58-45(70)14-8-5-9-17-68-49(74)15-16-50(68)75/h4,6-7,11-12,15-16,19,21-22,28,41,43,64-65,80H,3,5,8-10,13-14,17-18,20,23-27,29-31H2,1-2H3,(H,58,70)(H,59,71)(H,60,77)(H,61,72)(H,62,73)/t41-,43?,56+/m1/s1. The third-order valence-electron chi connectivity index (χ3n) is 15.0. The van der Waals surface area contributed by atoms with Gasteiger partial charge in [0.2, 0.25) is 35.4 Å². The average molecular weight is 1130 g/mol. The van der Waals surface area contributed by atoms with E-state index in [1.165, 1.54) is 22.8 Å². The van der Waals surface area contributed by atoms with E-state index in [0.717, 1.165) is 10.5 Å². The van der Waals surface area contributed by atoms with Crippen LogP contribution in [-0.4, -0.2) is 141 Å². The zero-order valence-electron chi connectivity index (χ0n) is 45.2. The summed E-state index contributed by atoms with van der Waals surface area (Å²) in [5.41, 5.74) is 8.59. The molecule has 7 heterocycles. The molecule has 2 aromatic heterocycles. The first-order chi connectivity index (χ1) is 39.4. The monoisotopic (exact) mass is 1130 g/mol. The van der Waals surface area contributed by atoms with E-state index in [2.05, 4.69) is 37.5 Å². The number of unbranched alkanes of at least 4 members (excludes halogenated alkanes) is 2. The van der Waals surface area contributed by atoms with Gasteiger partial charge in [-0.2, -0.15) is 0 Å². The predicted octanol–water partition coefficient (Wildman–Crippen LogP) is -0.164. The van der Waals surface area contributed by atoms with Gasteiger partial charge in [0, 0.05) is 66.9 Å².